The highest BCUT2D eigenvalue weighted by molar-refractivity contribution is 6.24. The minimum absolute atomic E-state index is 0.0255. The fraction of sp³-hybridized carbons (Fsp3) is 0.679. The predicted octanol–water partition coefficient (Wildman–Crippen LogP) is 5.01. The van der Waals surface area contributed by atoms with Crippen LogP contribution in [0.2, 0.25) is 0 Å². The summed E-state index contributed by atoms with van der Waals surface area (Å²) in [6.45, 7) is 3.31. The Morgan fingerprint density at radius 2 is 1.32 bits per heavy atom. The number of imide groups is 1. The lowest BCUT2D eigenvalue weighted by molar-refractivity contribution is -0.136. The van der Waals surface area contributed by atoms with Gasteiger partial charge in [-0.25, -0.2) is 0 Å². The molecular formula is C28H39N3O3. The Morgan fingerprint density at radius 1 is 0.706 bits per heavy atom. The third kappa shape index (κ3) is 4.60. The molecule has 3 heterocycles. The number of nitrogens with zero attached hydrogens (tertiary/aromatic N) is 3. The fourth-order valence-electron chi connectivity index (χ4n) is 6.49. The first-order valence-corrected chi connectivity index (χ1v) is 13.7. The van der Waals surface area contributed by atoms with Crippen molar-refractivity contribution < 1.29 is 14.4 Å². The third-order valence-corrected chi connectivity index (χ3v) is 8.47. The van der Waals surface area contributed by atoms with Crippen LogP contribution in [0.3, 0.4) is 0 Å². The number of hydrogen-bond donors (Lipinski definition) is 0. The second-order valence-corrected chi connectivity index (χ2v) is 10.7. The van der Waals surface area contributed by atoms with E-state index in [1.807, 2.05) is 18.2 Å². The molecule has 0 N–H and O–H groups in total. The molecule has 0 bridgehead atoms. The van der Waals surface area contributed by atoms with Crippen molar-refractivity contribution in [1.29, 1.82) is 0 Å². The number of rotatable bonds is 3. The topological polar surface area (TPSA) is 60.9 Å². The van der Waals surface area contributed by atoms with Crippen LogP contribution in [0, 0.1) is 5.92 Å². The van der Waals surface area contributed by atoms with Crippen molar-refractivity contribution in [2.24, 2.45) is 5.92 Å². The zero-order valence-electron chi connectivity index (χ0n) is 20.5. The Kier molecular flexibility index (Phi) is 7.21. The summed E-state index contributed by atoms with van der Waals surface area (Å²) in [6.07, 6.45) is 14.0. The molecular weight excluding hydrogens is 426 g/mol. The van der Waals surface area contributed by atoms with Crippen molar-refractivity contribution in [3.8, 4) is 0 Å². The van der Waals surface area contributed by atoms with Crippen molar-refractivity contribution in [3.63, 3.8) is 0 Å². The Hall–Kier alpha value is -2.37. The van der Waals surface area contributed by atoms with Crippen LogP contribution in [0.5, 0.6) is 0 Å². The summed E-state index contributed by atoms with van der Waals surface area (Å²) in [4.78, 5) is 45.9. The summed E-state index contributed by atoms with van der Waals surface area (Å²) in [5.74, 6) is 0.180. The van der Waals surface area contributed by atoms with Crippen LogP contribution in [0.25, 0.3) is 0 Å². The molecule has 0 radical (unpaired) electrons. The van der Waals surface area contributed by atoms with Gasteiger partial charge in [0.2, 0.25) is 5.91 Å². The smallest absolute Gasteiger partial charge is 0.263 e. The summed E-state index contributed by atoms with van der Waals surface area (Å²) < 4.78 is 0. The normalized spacial score (nSPS) is 23.5. The van der Waals surface area contributed by atoms with Gasteiger partial charge in [0.1, 0.15) is 0 Å². The molecule has 0 atom stereocenters. The van der Waals surface area contributed by atoms with Gasteiger partial charge in [-0.2, -0.15) is 0 Å². The third-order valence-electron chi connectivity index (χ3n) is 8.47. The minimum atomic E-state index is -0.112. The average molecular weight is 466 g/mol. The number of carbonyl (C=O) groups is 3. The molecule has 1 saturated carbocycles. The van der Waals surface area contributed by atoms with Crippen LogP contribution < -0.4 is 4.90 Å². The fourth-order valence-corrected chi connectivity index (χ4v) is 6.49. The largest absolute Gasteiger partial charge is 0.371 e. The van der Waals surface area contributed by atoms with E-state index in [1.54, 1.807) is 4.90 Å². The Morgan fingerprint density at radius 3 is 2.00 bits per heavy atom. The molecule has 34 heavy (non-hydrogen) atoms. The van der Waals surface area contributed by atoms with E-state index in [4.69, 9.17) is 0 Å². The molecule has 2 saturated heterocycles. The SMILES string of the molecule is O=C(C1CCN(c2cccc3c2C(=O)N(C2CCCCCCC2)C3=O)CC1)N1CCCCCC1. The van der Waals surface area contributed by atoms with E-state index in [0.29, 0.717) is 17.0 Å². The molecule has 3 fully saturated rings. The zero-order valence-corrected chi connectivity index (χ0v) is 20.5. The van der Waals surface area contributed by atoms with Gasteiger partial charge in [0, 0.05) is 38.1 Å². The van der Waals surface area contributed by atoms with E-state index in [-0.39, 0.29) is 23.8 Å². The number of piperidine rings is 1. The Bertz CT molecular complexity index is 905. The lowest BCUT2D eigenvalue weighted by Crippen LogP contribution is -2.43. The Labute approximate surface area is 203 Å². The van der Waals surface area contributed by atoms with Crippen LogP contribution in [0.15, 0.2) is 18.2 Å². The molecule has 1 aliphatic carbocycles. The summed E-state index contributed by atoms with van der Waals surface area (Å²) in [5, 5.41) is 0. The first-order chi connectivity index (χ1) is 16.6. The molecule has 1 aromatic carbocycles. The maximum absolute atomic E-state index is 13.6. The molecule has 1 aromatic rings. The highest BCUT2D eigenvalue weighted by Crippen LogP contribution is 2.37. The first-order valence-electron chi connectivity index (χ1n) is 13.7. The molecule has 3 aliphatic heterocycles. The van der Waals surface area contributed by atoms with Crippen LogP contribution >= 0.6 is 0 Å². The van der Waals surface area contributed by atoms with Gasteiger partial charge in [-0.15, -0.1) is 0 Å². The minimum Gasteiger partial charge on any atom is -0.371 e. The van der Waals surface area contributed by atoms with E-state index in [2.05, 4.69) is 9.80 Å². The number of hydrogen-bond acceptors (Lipinski definition) is 4. The summed E-state index contributed by atoms with van der Waals surface area (Å²) >= 11 is 0. The van der Waals surface area contributed by atoms with Crippen molar-refractivity contribution >= 4 is 23.4 Å². The van der Waals surface area contributed by atoms with E-state index in [0.717, 1.165) is 83.2 Å². The summed E-state index contributed by atoms with van der Waals surface area (Å²) in [7, 11) is 0. The van der Waals surface area contributed by atoms with E-state index >= 15 is 0 Å². The van der Waals surface area contributed by atoms with Gasteiger partial charge in [-0.3, -0.25) is 19.3 Å². The molecule has 5 rings (SSSR count). The lowest BCUT2D eigenvalue weighted by Gasteiger charge is -2.36. The molecule has 0 unspecified atom stereocenters. The van der Waals surface area contributed by atoms with Crippen molar-refractivity contribution in [2.75, 3.05) is 31.1 Å². The van der Waals surface area contributed by atoms with E-state index in [9.17, 15) is 14.4 Å². The zero-order chi connectivity index (χ0) is 23.5. The van der Waals surface area contributed by atoms with Gasteiger partial charge >= 0.3 is 0 Å². The second kappa shape index (κ2) is 10.5. The lowest BCUT2D eigenvalue weighted by atomic mass is 9.94. The molecule has 3 amide bonds. The van der Waals surface area contributed by atoms with Crippen molar-refractivity contribution in [3.05, 3.63) is 29.3 Å². The van der Waals surface area contributed by atoms with Crippen LogP contribution in [-0.4, -0.2) is 59.7 Å². The van der Waals surface area contributed by atoms with Gasteiger partial charge in [-0.1, -0.05) is 51.0 Å². The molecule has 0 aromatic heterocycles. The van der Waals surface area contributed by atoms with E-state index < -0.39 is 0 Å². The summed E-state index contributed by atoms with van der Waals surface area (Å²) in [6, 6.07) is 5.74. The van der Waals surface area contributed by atoms with Gasteiger partial charge < -0.3 is 9.80 Å². The maximum atomic E-state index is 13.6. The number of likely N-dealkylation sites (tertiary alicyclic amines) is 1. The van der Waals surface area contributed by atoms with Gasteiger partial charge in [0.25, 0.3) is 11.8 Å². The van der Waals surface area contributed by atoms with Crippen molar-refractivity contribution in [1.82, 2.24) is 9.80 Å². The molecule has 184 valence electrons. The molecule has 4 aliphatic rings. The highest BCUT2D eigenvalue weighted by atomic mass is 16.2. The number of anilines is 1. The van der Waals surface area contributed by atoms with Gasteiger partial charge in [0.05, 0.1) is 16.8 Å². The van der Waals surface area contributed by atoms with E-state index in [1.165, 1.54) is 32.1 Å². The number of benzene rings is 1. The number of fused-ring (bicyclic) bond motifs is 1. The maximum Gasteiger partial charge on any atom is 0.263 e. The highest BCUT2D eigenvalue weighted by Gasteiger charge is 2.42. The summed E-state index contributed by atoms with van der Waals surface area (Å²) in [5.41, 5.74) is 2.03. The monoisotopic (exact) mass is 465 g/mol. The molecule has 6 nitrogen and oxygen atoms in total. The van der Waals surface area contributed by atoms with Gasteiger partial charge in [0.15, 0.2) is 0 Å². The number of carbonyl (C=O) groups excluding carboxylic acids is 3. The number of amides is 3. The predicted molar refractivity (Wildman–Crippen MR) is 133 cm³/mol. The average Bonchev–Trinajstić information content (AvgIpc) is 3.02. The molecule has 0 spiro atoms. The molecule has 6 heteroatoms. The second-order valence-electron chi connectivity index (χ2n) is 10.7. The standard InChI is InChI=1S/C28H39N3O3/c32-26(30-17-8-4-5-9-18-30)21-15-19-29(20-16-21)24-14-10-13-23-25(24)28(34)31(27(23)33)22-11-6-2-1-3-7-12-22/h10,13-14,21-22H,1-9,11-12,15-20H2. The first kappa shape index (κ1) is 23.4. The Balaban J connectivity index is 1.29. The van der Waals surface area contributed by atoms with Crippen molar-refractivity contribution in [2.45, 2.75) is 89.5 Å². The van der Waals surface area contributed by atoms with Crippen LogP contribution in [0.4, 0.5) is 5.69 Å². The van der Waals surface area contributed by atoms with Gasteiger partial charge in [-0.05, 0) is 50.7 Å². The quantitative estimate of drug-likeness (QED) is 0.589. The van der Waals surface area contributed by atoms with Crippen LogP contribution in [0.1, 0.15) is 104 Å². The van der Waals surface area contributed by atoms with Crippen LogP contribution in [-0.2, 0) is 4.79 Å².